The molecule has 2 heterocycles. The van der Waals surface area contributed by atoms with Gasteiger partial charge in [-0.3, -0.25) is 0 Å². The molecule has 0 aliphatic carbocycles. The molecular formula is C17H16BrCl2N5O2. The molecule has 3 N–H and O–H groups in total. The fourth-order valence-electron chi connectivity index (χ4n) is 2.70. The van der Waals surface area contributed by atoms with Crippen molar-refractivity contribution in [3.8, 4) is 6.07 Å². The van der Waals surface area contributed by atoms with Crippen LogP contribution in [-0.4, -0.2) is 34.3 Å². The first-order valence-electron chi connectivity index (χ1n) is 8.14. The van der Waals surface area contributed by atoms with E-state index in [0.717, 1.165) is 0 Å². The smallest absolute Gasteiger partial charge is 0.229 e. The van der Waals surface area contributed by atoms with Crippen LogP contribution in [-0.2, 0) is 11.3 Å². The summed E-state index contributed by atoms with van der Waals surface area (Å²) < 4.78 is 6.08. The summed E-state index contributed by atoms with van der Waals surface area (Å²) in [7, 11) is 0. The van der Waals surface area contributed by atoms with Gasteiger partial charge in [0.15, 0.2) is 5.82 Å². The van der Waals surface area contributed by atoms with Gasteiger partial charge in [0.05, 0.1) is 42.5 Å². The lowest BCUT2D eigenvalue weighted by Gasteiger charge is -2.28. The zero-order valence-corrected chi connectivity index (χ0v) is 17.1. The minimum Gasteiger partial charge on any atom is -0.392 e. The number of anilines is 3. The molecule has 0 radical (unpaired) electrons. The van der Waals surface area contributed by atoms with Crippen LogP contribution < -0.4 is 10.6 Å². The number of nitrogens with zero attached hydrogens (tertiary/aromatic N) is 3. The van der Waals surface area contributed by atoms with Gasteiger partial charge in [0.25, 0.3) is 0 Å². The molecule has 1 aromatic heterocycles. The van der Waals surface area contributed by atoms with Crippen LogP contribution in [0.4, 0.5) is 17.5 Å². The summed E-state index contributed by atoms with van der Waals surface area (Å²) in [5, 5.41) is 25.7. The Hall–Kier alpha value is -1.63. The highest BCUT2D eigenvalue weighted by Crippen LogP contribution is 2.32. The first-order chi connectivity index (χ1) is 13.0. The lowest BCUT2D eigenvalue weighted by atomic mass is 9.96. The molecule has 27 heavy (non-hydrogen) atoms. The predicted molar refractivity (Wildman–Crippen MR) is 107 cm³/mol. The molecule has 1 aliphatic heterocycles. The zero-order valence-electron chi connectivity index (χ0n) is 14.0. The first kappa shape index (κ1) is 20.1. The Bertz CT molecular complexity index is 877. The number of aromatic nitrogens is 2. The summed E-state index contributed by atoms with van der Waals surface area (Å²) in [5.74, 6) is 0.531. The maximum absolute atomic E-state index is 9.43. The molecule has 1 saturated heterocycles. The Balaban J connectivity index is 1.81. The average molecular weight is 473 g/mol. The minimum atomic E-state index is -0.202. The third-order valence-electron chi connectivity index (χ3n) is 4.12. The van der Waals surface area contributed by atoms with Crippen LogP contribution in [0.2, 0.25) is 10.0 Å². The van der Waals surface area contributed by atoms with Crippen LogP contribution in [0.1, 0.15) is 12.0 Å². The highest BCUT2D eigenvalue weighted by Gasteiger charge is 2.26. The van der Waals surface area contributed by atoms with Gasteiger partial charge in [-0.15, -0.1) is 0 Å². The number of nitriles is 1. The summed E-state index contributed by atoms with van der Waals surface area (Å²) in [4.78, 5) is 8.56. The fraction of sp³-hybridized carbons (Fsp3) is 0.353. The van der Waals surface area contributed by atoms with Crippen molar-refractivity contribution in [3.05, 3.63) is 38.4 Å². The highest BCUT2D eigenvalue weighted by molar-refractivity contribution is 9.10. The number of nitrogens with one attached hydrogen (secondary N) is 2. The molecule has 0 spiro atoms. The van der Waals surface area contributed by atoms with Crippen molar-refractivity contribution in [1.82, 2.24) is 9.97 Å². The SMILES string of the molecule is N#C[C@@H]1CCOC[C@H]1Nc1nc(Nc2cc(Cl)c(Br)c(CO)c2)ncc1Cl. The number of halogens is 3. The second-order valence-corrected chi connectivity index (χ2v) is 7.56. The average Bonchev–Trinajstić information content (AvgIpc) is 2.67. The predicted octanol–water partition coefficient (Wildman–Crippen LogP) is 4.12. The zero-order chi connectivity index (χ0) is 19.4. The standard InChI is InChI=1S/C17H16BrCl2N5O2/c18-15-10(7-26)3-11(4-12(15)19)23-17-22-6-13(20)16(25-17)24-14-8-27-2-1-9(14)5-21/h3-4,6,9,14,26H,1-2,7-8H2,(H2,22,23,24,25)/t9-,14+/m0/s1. The van der Waals surface area contributed by atoms with Crippen molar-refractivity contribution in [1.29, 1.82) is 5.26 Å². The number of ether oxygens (including phenoxy) is 1. The molecule has 2 aromatic rings. The molecule has 3 rings (SSSR count). The third kappa shape index (κ3) is 4.81. The molecule has 0 unspecified atom stereocenters. The van der Waals surface area contributed by atoms with E-state index in [9.17, 15) is 10.4 Å². The minimum absolute atomic E-state index is 0.165. The van der Waals surface area contributed by atoms with Crippen molar-refractivity contribution in [3.63, 3.8) is 0 Å². The molecule has 1 aliphatic rings. The molecule has 10 heteroatoms. The van der Waals surface area contributed by atoms with Crippen LogP contribution in [0.3, 0.4) is 0 Å². The van der Waals surface area contributed by atoms with Gasteiger partial charge < -0.3 is 20.5 Å². The normalized spacial score (nSPS) is 19.4. The van der Waals surface area contributed by atoms with Crippen LogP contribution in [0.5, 0.6) is 0 Å². The lowest BCUT2D eigenvalue weighted by Crippen LogP contribution is -2.38. The van der Waals surface area contributed by atoms with Crippen molar-refractivity contribution in [2.75, 3.05) is 23.8 Å². The van der Waals surface area contributed by atoms with Gasteiger partial charge in [-0.2, -0.15) is 10.2 Å². The van der Waals surface area contributed by atoms with E-state index in [2.05, 4.69) is 42.6 Å². The van der Waals surface area contributed by atoms with Crippen LogP contribution in [0.15, 0.2) is 22.8 Å². The second kappa shape index (κ2) is 9.04. The summed E-state index contributed by atoms with van der Waals surface area (Å²) in [6.45, 7) is 0.809. The van der Waals surface area contributed by atoms with Crippen LogP contribution in [0.25, 0.3) is 0 Å². The molecule has 142 valence electrons. The first-order valence-corrected chi connectivity index (χ1v) is 9.69. The van der Waals surface area contributed by atoms with E-state index >= 15 is 0 Å². The molecule has 0 bridgehead atoms. The largest absolute Gasteiger partial charge is 0.392 e. The van der Waals surface area contributed by atoms with Crippen LogP contribution >= 0.6 is 39.1 Å². The van der Waals surface area contributed by atoms with Gasteiger partial charge in [0.2, 0.25) is 5.95 Å². The number of hydrogen-bond acceptors (Lipinski definition) is 7. The number of aliphatic hydroxyl groups excluding tert-OH is 1. The quantitative estimate of drug-likeness (QED) is 0.601. The Labute approximate surface area is 174 Å². The number of rotatable bonds is 5. The Morgan fingerprint density at radius 2 is 2.19 bits per heavy atom. The van der Waals surface area contributed by atoms with Gasteiger partial charge in [-0.25, -0.2) is 4.98 Å². The Morgan fingerprint density at radius 1 is 1.37 bits per heavy atom. The van der Waals surface area contributed by atoms with Crippen molar-refractivity contribution >= 4 is 56.6 Å². The Morgan fingerprint density at radius 3 is 2.93 bits per heavy atom. The number of benzene rings is 1. The van der Waals surface area contributed by atoms with E-state index in [1.807, 2.05) is 0 Å². The number of aliphatic hydroxyl groups is 1. The maximum Gasteiger partial charge on any atom is 0.229 e. The van der Waals surface area contributed by atoms with Gasteiger partial charge >= 0.3 is 0 Å². The van der Waals surface area contributed by atoms with Gasteiger partial charge in [0, 0.05) is 16.8 Å². The highest BCUT2D eigenvalue weighted by atomic mass is 79.9. The topological polar surface area (TPSA) is 103 Å². The summed E-state index contributed by atoms with van der Waals surface area (Å²) >= 11 is 15.7. The van der Waals surface area contributed by atoms with Crippen molar-refractivity contribution in [2.24, 2.45) is 5.92 Å². The fourth-order valence-corrected chi connectivity index (χ4v) is 3.44. The van der Waals surface area contributed by atoms with Gasteiger partial charge in [-0.1, -0.05) is 23.2 Å². The summed E-state index contributed by atoms with van der Waals surface area (Å²) in [6.07, 6.45) is 2.13. The van der Waals surface area contributed by atoms with E-state index in [0.29, 0.717) is 57.2 Å². The Kier molecular flexibility index (Phi) is 6.73. The summed E-state index contributed by atoms with van der Waals surface area (Å²) in [5.41, 5.74) is 1.25. The monoisotopic (exact) mass is 471 g/mol. The molecule has 2 atom stereocenters. The maximum atomic E-state index is 9.43. The third-order valence-corrected chi connectivity index (χ3v) is 5.86. The molecule has 0 saturated carbocycles. The summed E-state index contributed by atoms with van der Waals surface area (Å²) in [6, 6.07) is 5.51. The number of hydrogen-bond donors (Lipinski definition) is 3. The van der Waals surface area contributed by atoms with Gasteiger partial charge in [0.1, 0.15) is 5.02 Å². The molecule has 1 fully saturated rings. The second-order valence-electron chi connectivity index (χ2n) is 5.95. The van der Waals surface area contributed by atoms with E-state index in [4.69, 9.17) is 27.9 Å². The molecule has 0 amide bonds. The molecular weight excluding hydrogens is 457 g/mol. The molecule has 1 aromatic carbocycles. The van der Waals surface area contributed by atoms with E-state index < -0.39 is 0 Å². The van der Waals surface area contributed by atoms with E-state index in [1.54, 1.807) is 12.1 Å². The lowest BCUT2D eigenvalue weighted by molar-refractivity contribution is 0.0698. The van der Waals surface area contributed by atoms with E-state index in [-0.39, 0.29) is 18.6 Å². The van der Waals surface area contributed by atoms with E-state index in [1.165, 1.54) is 6.20 Å². The van der Waals surface area contributed by atoms with Crippen LogP contribution in [0, 0.1) is 17.2 Å². The van der Waals surface area contributed by atoms with Crippen molar-refractivity contribution in [2.45, 2.75) is 19.1 Å². The van der Waals surface area contributed by atoms with Gasteiger partial charge in [-0.05, 0) is 40.0 Å². The van der Waals surface area contributed by atoms with Crippen molar-refractivity contribution < 1.29 is 9.84 Å². The molecule has 7 nitrogen and oxygen atoms in total.